The van der Waals surface area contributed by atoms with E-state index in [1.807, 2.05) is 0 Å². The van der Waals surface area contributed by atoms with Crippen LogP contribution >= 0.6 is 0 Å². The third-order valence-electron chi connectivity index (χ3n) is 4.05. The summed E-state index contributed by atoms with van der Waals surface area (Å²) in [4.78, 5) is 5.16. The van der Waals surface area contributed by atoms with E-state index < -0.39 is 0 Å². The summed E-state index contributed by atoms with van der Waals surface area (Å²) in [5.74, 6) is 0. The Morgan fingerprint density at radius 2 is 1.67 bits per heavy atom. The molecule has 0 spiro atoms. The van der Waals surface area contributed by atoms with Gasteiger partial charge in [-0.1, -0.05) is 12.2 Å². The summed E-state index contributed by atoms with van der Waals surface area (Å²) in [6.07, 6.45) is 5.90. The number of hydrogen-bond donors (Lipinski definition) is 0. The van der Waals surface area contributed by atoms with Gasteiger partial charge in [-0.05, 0) is 53.5 Å². The first kappa shape index (κ1) is 13.7. The van der Waals surface area contributed by atoms with Crippen molar-refractivity contribution in [2.24, 2.45) is 0 Å². The summed E-state index contributed by atoms with van der Waals surface area (Å²) in [6, 6.07) is 0. The van der Waals surface area contributed by atoms with E-state index in [1.54, 1.807) is 11.3 Å². The summed E-state index contributed by atoms with van der Waals surface area (Å²) in [7, 11) is 0. The highest BCUT2D eigenvalue weighted by Crippen LogP contribution is 2.33. The summed E-state index contributed by atoms with van der Waals surface area (Å²) < 4.78 is 0. The Labute approximate surface area is 112 Å². The quantitative estimate of drug-likeness (QED) is 0.648. The standard InChI is InChI=1S/C16H28N2/c1-15(2,3)17-10-7-8-13-9-11-18(14(13)12-17)16(4,5)6/h7-8H,9-12H2,1-6H3. The smallest absolute Gasteiger partial charge is 0.0395 e. The molecular weight excluding hydrogens is 220 g/mol. The third kappa shape index (κ3) is 2.64. The summed E-state index contributed by atoms with van der Waals surface area (Å²) in [5.41, 5.74) is 3.57. The predicted molar refractivity (Wildman–Crippen MR) is 78.6 cm³/mol. The molecule has 0 saturated heterocycles. The van der Waals surface area contributed by atoms with Crippen LogP contribution in [0, 0.1) is 0 Å². The van der Waals surface area contributed by atoms with Crippen LogP contribution in [0.15, 0.2) is 23.4 Å². The fourth-order valence-corrected chi connectivity index (χ4v) is 2.87. The Bertz CT molecular complexity index is 377. The topological polar surface area (TPSA) is 6.48 Å². The zero-order valence-corrected chi connectivity index (χ0v) is 12.9. The Morgan fingerprint density at radius 3 is 2.22 bits per heavy atom. The normalized spacial score (nSPS) is 22.4. The van der Waals surface area contributed by atoms with Gasteiger partial charge in [-0.3, -0.25) is 4.90 Å². The van der Waals surface area contributed by atoms with Crippen molar-refractivity contribution in [2.45, 2.75) is 59.0 Å². The van der Waals surface area contributed by atoms with Crippen molar-refractivity contribution in [3.8, 4) is 0 Å². The SMILES string of the molecule is CC(C)(C)N1CC=CC2=C(C1)N(C(C)(C)C)CC2. The van der Waals surface area contributed by atoms with Crippen LogP contribution < -0.4 is 0 Å². The van der Waals surface area contributed by atoms with Gasteiger partial charge in [0.1, 0.15) is 0 Å². The lowest BCUT2D eigenvalue weighted by atomic mass is 10.0. The molecule has 0 aromatic heterocycles. The molecule has 0 saturated carbocycles. The Kier molecular flexibility index (Phi) is 3.35. The second-order valence-electron chi connectivity index (χ2n) is 7.50. The fraction of sp³-hybridized carbons (Fsp3) is 0.750. The van der Waals surface area contributed by atoms with Crippen molar-refractivity contribution < 1.29 is 0 Å². The van der Waals surface area contributed by atoms with Crippen LogP contribution in [0.25, 0.3) is 0 Å². The molecule has 0 radical (unpaired) electrons. The predicted octanol–water partition coefficient (Wildman–Crippen LogP) is 3.42. The van der Waals surface area contributed by atoms with Gasteiger partial charge in [0.25, 0.3) is 0 Å². The van der Waals surface area contributed by atoms with Crippen LogP contribution in [-0.4, -0.2) is 40.5 Å². The molecule has 0 bridgehead atoms. The van der Waals surface area contributed by atoms with Crippen molar-refractivity contribution in [1.82, 2.24) is 9.80 Å². The van der Waals surface area contributed by atoms with E-state index in [0.717, 1.165) is 13.1 Å². The maximum Gasteiger partial charge on any atom is 0.0395 e. The van der Waals surface area contributed by atoms with Crippen LogP contribution in [0.2, 0.25) is 0 Å². The van der Waals surface area contributed by atoms with Gasteiger partial charge in [-0.15, -0.1) is 0 Å². The molecule has 0 fully saturated rings. The average Bonchev–Trinajstić information content (AvgIpc) is 2.47. The second-order valence-corrected chi connectivity index (χ2v) is 7.50. The first-order valence-corrected chi connectivity index (χ1v) is 7.11. The fourth-order valence-electron chi connectivity index (χ4n) is 2.87. The largest absolute Gasteiger partial charge is 0.368 e. The highest BCUT2D eigenvalue weighted by Gasteiger charge is 2.33. The Balaban J connectivity index is 2.28. The minimum absolute atomic E-state index is 0.235. The van der Waals surface area contributed by atoms with Gasteiger partial charge in [0, 0.05) is 36.4 Å². The molecule has 0 aliphatic carbocycles. The molecule has 102 valence electrons. The van der Waals surface area contributed by atoms with E-state index in [1.165, 1.54) is 13.0 Å². The molecule has 0 amide bonds. The minimum atomic E-state index is 0.235. The first-order chi connectivity index (χ1) is 8.19. The first-order valence-electron chi connectivity index (χ1n) is 7.11. The van der Waals surface area contributed by atoms with Crippen LogP contribution in [0.3, 0.4) is 0 Å². The highest BCUT2D eigenvalue weighted by atomic mass is 15.3. The van der Waals surface area contributed by atoms with Gasteiger partial charge in [0.15, 0.2) is 0 Å². The molecule has 2 rings (SSSR count). The molecule has 18 heavy (non-hydrogen) atoms. The highest BCUT2D eigenvalue weighted by molar-refractivity contribution is 5.33. The van der Waals surface area contributed by atoms with Gasteiger partial charge in [0.05, 0.1) is 0 Å². The number of allylic oxidation sites excluding steroid dienone is 1. The van der Waals surface area contributed by atoms with Crippen LogP contribution in [-0.2, 0) is 0 Å². The molecule has 2 nitrogen and oxygen atoms in total. The van der Waals surface area contributed by atoms with Crippen molar-refractivity contribution in [1.29, 1.82) is 0 Å². The maximum atomic E-state index is 2.59. The second kappa shape index (κ2) is 4.41. The van der Waals surface area contributed by atoms with Gasteiger partial charge in [-0.2, -0.15) is 0 Å². The molecule has 0 N–H and O–H groups in total. The van der Waals surface area contributed by atoms with E-state index in [9.17, 15) is 0 Å². The lowest BCUT2D eigenvalue weighted by molar-refractivity contribution is 0.132. The molecule has 0 aromatic carbocycles. The monoisotopic (exact) mass is 248 g/mol. The Morgan fingerprint density at radius 1 is 1.00 bits per heavy atom. The summed E-state index contributed by atoms with van der Waals surface area (Å²) in [5, 5.41) is 0. The number of nitrogens with zero attached hydrogens (tertiary/aromatic N) is 2. The van der Waals surface area contributed by atoms with E-state index in [0.29, 0.717) is 0 Å². The van der Waals surface area contributed by atoms with Gasteiger partial charge in [-0.25, -0.2) is 0 Å². The molecule has 0 aromatic rings. The van der Waals surface area contributed by atoms with Crippen molar-refractivity contribution in [3.63, 3.8) is 0 Å². The van der Waals surface area contributed by atoms with E-state index in [4.69, 9.17) is 0 Å². The molecule has 0 unspecified atom stereocenters. The summed E-state index contributed by atoms with van der Waals surface area (Å²) in [6.45, 7) is 17.2. The van der Waals surface area contributed by atoms with Crippen molar-refractivity contribution in [2.75, 3.05) is 19.6 Å². The third-order valence-corrected chi connectivity index (χ3v) is 4.05. The lowest BCUT2D eigenvalue weighted by Crippen LogP contribution is -2.47. The molecule has 2 aliphatic heterocycles. The van der Waals surface area contributed by atoms with E-state index >= 15 is 0 Å². The van der Waals surface area contributed by atoms with Crippen LogP contribution in [0.5, 0.6) is 0 Å². The zero-order chi connectivity index (χ0) is 13.6. The molecule has 2 heterocycles. The number of hydrogen-bond acceptors (Lipinski definition) is 2. The number of rotatable bonds is 0. The molecule has 0 atom stereocenters. The van der Waals surface area contributed by atoms with Gasteiger partial charge in [0.2, 0.25) is 0 Å². The van der Waals surface area contributed by atoms with Crippen LogP contribution in [0.1, 0.15) is 48.0 Å². The van der Waals surface area contributed by atoms with Crippen molar-refractivity contribution in [3.05, 3.63) is 23.4 Å². The maximum absolute atomic E-state index is 2.59. The van der Waals surface area contributed by atoms with E-state index in [2.05, 4.69) is 63.5 Å². The lowest BCUT2D eigenvalue weighted by Gasteiger charge is -2.41. The molecule has 2 aliphatic rings. The average molecular weight is 248 g/mol. The van der Waals surface area contributed by atoms with Crippen molar-refractivity contribution >= 4 is 0 Å². The molecular formula is C16H28N2. The van der Waals surface area contributed by atoms with Crippen LogP contribution in [0.4, 0.5) is 0 Å². The van der Waals surface area contributed by atoms with Gasteiger partial charge >= 0.3 is 0 Å². The van der Waals surface area contributed by atoms with Gasteiger partial charge < -0.3 is 4.90 Å². The Hall–Kier alpha value is -0.760. The summed E-state index contributed by atoms with van der Waals surface area (Å²) >= 11 is 0. The minimum Gasteiger partial charge on any atom is -0.368 e. The zero-order valence-electron chi connectivity index (χ0n) is 12.9. The molecule has 2 heteroatoms. The van der Waals surface area contributed by atoms with E-state index in [-0.39, 0.29) is 11.1 Å².